The zero-order valence-corrected chi connectivity index (χ0v) is 12.6. The fourth-order valence-corrected chi connectivity index (χ4v) is 2.10. The molecule has 1 heterocycles. The molecule has 0 aliphatic heterocycles. The molecule has 0 aliphatic rings. The fourth-order valence-electron chi connectivity index (χ4n) is 2.10. The molecule has 0 saturated carbocycles. The molecule has 1 rings (SSSR count). The van der Waals surface area contributed by atoms with Crippen LogP contribution < -0.4 is 5.32 Å². The van der Waals surface area contributed by atoms with Crippen molar-refractivity contribution in [1.29, 1.82) is 0 Å². The Kier molecular flexibility index (Phi) is 4.92. The molecule has 1 aromatic rings. The van der Waals surface area contributed by atoms with Gasteiger partial charge in [0.1, 0.15) is 11.3 Å². The lowest BCUT2D eigenvalue weighted by molar-refractivity contribution is -0.142. The number of carbonyl (C=O) groups excluding carboxylic acids is 1. The summed E-state index contributed by atoms with van der Waals surface area (Å²) in [6.07, 6.45) is 0.490. The van der Waals surface area contributed by atoms with Crippen molar-refractivity contribution in [1.82, 2.24) is 10.5 Å². The summed E-state index contributed by atoms with van der Waals surface area (Å²) in [4.78, 5) is 23.3. The number of nitrogens with one attached hydrogen (secondary N) is 1. The summed E-state index contributed by atoms with van der Waals surface area (Å²) in [5, 5.41) is 15.6. The third-order valence-corrected chi connectivity index (χ3v) is 2.98. The molecular formula is C14H22N2O4. The van der Waals surface area contributed by atoms with Gasteiger partial charge in [0.15, 0.2) is 0 Å². The zero-order chi connectivity index (χ0) is 15.5. The molecule has 0 bridgehead atoms. The molecule has 2 N–H and O–H groups in total. The Labute approximate surface area is 118 Å². The highest BCUT2D eigenvalue weighted by molar-refractivity contribution is 5.96. The van der Waals surface area contributed by atoms with Gasteiger partial charge in [-0.15, -0.1) is 0 Å². The van der Waals surface area contributed by atoms with Gasteiger partial charge in [0.05, 0.1) is 11.6 Å². The quantitative estimate of drug-likeness (QED) is 0.863. The van der Waals surface area contributed by atoms with Crippen LogP contribution in [0.25, 0.3) is 0 Å². The number of hydrogen-bond donors (Lipinski definition) is 2. The first kappa shape index (κ1) is 16.2. The fraction of sp³-hybridized carbons (Fsp3) is 0.643. The van der Waals surface area contributed by atoms with Gasteiger partial charge in [0.25, 0.3) is 5.91 Å². The Morgan fingerprint density at radius 1 is 1.35 bits per heavy atom. The number of rotatable bonds is 5. The van der Waals surface area contributed by atoms with Gasteiger partial charge in [-0.3, -0.25) is 9.59 Å². The van der Waals surface area contributed by atoms with Crippen LogP contribution >= 0.6 is 0 Å². The SMILES string of the molecule is Cc1noc(C)c1C(=O)NCC(CC(C)(C)C)C(=O)O. The van der Waals surface area contributed by atoms with Gasteiger partial charge in [-0.05, 0) is 25.7 Å². The van der Waals surface area contributed by atoms with E-state index in [1.165, 1.54) is 0 Å². The molecule has 1 aromatic heterocycles. The molecule has 1 unspecified atom stereocenters. The van der Waals surface area contributed by atoms with Gasteiger partial charge in [-0.25, -0.2) is 0 Å². The molecule has 112 valence electrons. The maximum Gasteiger partial charge on any atom is 0.308 e. The van der Waals surface area contributed by atoms with Crippen LogP contribution in [-0.2, 0) is 4.79 Å². The molecule has 1 atom stereocenters. The van der Waals surface area contributed by atoms with Crippen LogP contribution in [0.15, 0.2) is 4.52 Å². The summed E-state index contributed by atoms with van der Waals surface area (Å²) in [7, 11) is 0. The molecular weight excluding hydrogens is 260 g/mol. The van der Waals surface area contributed by atoms with Crippen LogP contribution in [0.5, 0.6) is 0 Å². The van der Waals surface area contributed by atoms with Crippen LogP contribution in [0.1, 0.15) is 49.0 Å². The van der Waals surface area contributed by atoms with E-state index in [0.717, 1.165) is 0 Å². The number of carboxylic acid groups (broad SMARTS) is 1. The first-order valence-electron chi connectivity index (χ1n) is 6.55. The number of hydrogen-bond acceptors (Lipinski definition) is 4. The maximum absolute atomic E-state index is 12.0. The Morgan fingerprint density at radius 2 is 1.95 bits per heavy atom. The van der Waals surface area contributed by atoms with Crippen LogP contribution in [0, 0.1) is 25.2 Å². The van der Waals surface area contributed by atoms with Gasteiger partial charge < -0.3 is 14.9 Å². The second kappa shape index (κ2) is 6.07. The molecule has 6 heteroatoms. The predicted octanol–water partition coefficient (Wildman–Crippen LogP) is 2.16. The number of amides is 1. The summed E-state index contributed by atoms with van der Waals surface area (Å²) in [5.41, 5.74) is 0.768. The largest absolute Gasteiger partial charge is 0.481 e. The smallest absolute Gasteiger partial charge is 0.308 e. The number of aryl methyl sites for hydroxylation is 2. The average Bonchev–Trinajstić information content (AvgIpc) is 2.62. The summed E-state index contributed by atoms with van der Waals surface area (Å²) in [6.45, 7) is 9.33. The van der Waals surface area contributed by atoms with Crippen molar-refractivity contribution < 1.29 is 19.2 Å². The van der Waals surface area contributed by atoms with Crippen LogP contribution in [0.4, 0.5) is 0 Å². The summed E-state index contributed by atoms with van der Waals surface area (Å²) in [6, 6.07) is 0. The highest BCUT2D eigenvalue weighted by Gasteiger charge is 2.26. The lowest BCUT2D eigenvalue weighted by Gasteiger charge is -2.23. The van der Waals surface area contributed by atoms with Gasteiger partial charge in [0, 0.05) is 6.54 Å². The minimum Gasteiger partial charge on any atom is -0.481 e. The maximum atomic E-state index is 12.0. The van der Waals surface area contributed by atoms with Crippen molar-refractivity contribution >= 4 is 11.9 Å². The molecule has 0 spiro atoms. The highest BCUT2D eigenvalue weighted by Crippen LogP contribution is 2.24. The van der Waals surface area contributed by atoms with Crippen molar-refractivity contribution in [2.45, 2.75) is 41.0 Å². The van der Waals surface area contributed by atoms with Gasteiger partial charge in [-0.2, -0.15) is 0 Å². The third-order valence-electron chi connectivity index (χ3n) is 2.98. The van der Waals surface area contributed by atoms with Crippen LogP contribution in [0.3, 0.4) is 0 Å². The first-order chi connectivity index (χ1) is 9.11. The first-order valence-corrected chi connectivity index (χ1v) is 6.55. The number of aromatic nitrogens is 1. The lowest BCUT2D eigenvalue weighted by atomic mass is 9.84. The van der Waals surface area contributed by atoms with E-state index in [9.17, 15) is 14.7 Å². The topological polar surface area (TPSA) is 92.4 Å². The average molecular weight is 282 g/mol. The van der Waals surface area contributed by atoms with E-state index in [2.05, 4.69) is 10.5 Å². The van der Waals surface area contributed by atoms with E-state index in [4.69, 9.17) is 4.52 Å². The number of carbonyl (C=O) groups is 2. The van der Waals surface area contributed by atoms with Crippen molar-refractivity contribution in [2.24, 2.45) is 11.3 Å². The Hall–Kier alpha value is -1.85. The normalized spacial score (nSPS) is 13.1. The Morgan fingerprint density at radius 3 is 2.35 bits per heavy atom. The number of aliphatic carboxylic acids is 1. The molecule has 0 fully saturated rings. The van der Waals surface area contributed by atoms with E-state index < -0.39 is 11.9 Å². The number of carboxylic acids is 1. The van der Waals surface area contributed by atoms with Crippen molar-refractivity contribution in [2.75, 3.05) is 6.54 Å². The van der Waals surface area contributed by atoms with Gasteiger partial charge in [-0.1, -0.05) is 25.9 Å². The monoisotopic (exact) mass is 282 g/mol. The molecule has 0 radical (unpaired) electrons. The molecule has 20 heavy (non-hydrogen) atoms. The van der Waals surface area contributed by atoms with Crippen molar-refractivity contribution in [3.8, 4) is 0 Å². The second-order valence-corrected chi connectivity index (χ2v) is 6.21. The molecule has 0 aliphatic carbocycles. The number of nitrogens with zero attached hydrogens (tertiary/aromatic N) is 1. The second-order valence-electron chi connectivity index (χ2n) is 6.21. The molecule has 0 saturated heterocycles. The van der Waals surface area contributed by atoms with E-state index in [1.807, 2.05) is 20.8 Å². The Balaban J connectivity index is 2.69. The van der Waals surface area contributed by atoms with Gasteiger partial charge >= 0.3 is 5.97 Å². The molecule has 6 nitrogen and oxygen atoms in total. The van der Waals surface area contributed by atoms with E-state index in [1.54, 1.807) is 13.8 Å². The molecule has 0 aromatic carbocycles. The minimum atomic E-state index is -0.904. The molecule has 1 amide bonds. The van der Waals surface area contributed by atoms with Crippen LogP contribution in [-0.4, -0.2) is 28.7 Å². The summed E-state index contributed by atoms with van der Waals surface area (Å²) < 4.78 is 4.92. The van der Waals surface area contributed by atoms with E-state index in [0.29, 0.717) is 23.4 Å². The third kappa shape index (κ3) is 4.36. The predicted molar refractivity (Wildman–Crippen MR) is 73.5 cm³/mol. The van der Waals surface area contributed by atoms with Gasteiger partial charge in [0.2, 0.25) is 0 Å². The standard InChI is InChI=1S/C14H22N2O4/c1-8-11(9(2)20-16-8)12(17)15-7-10(13(18)19)6-14(3,4)5/h10H,6-7H2,1-5H3,(H,15,17)(H,18,19). The summed E-state index contributed by atoms with van der Waals surface area (Å²) >= 11 is 0. The van der Waals surface area contributed by atoms with E-state index in [-0.39, 0.29) is 17.9 Å². The van der Waals surface area contributed by atoms with E-state index >= 15 is 0 Å². The van der Waals surface area contributed by atoms with Crippen molar-refractivity contribution in [3.63, 3.8) is 0 Å². The lowest BCUT2D eigenvalue weighted by Crippen LogP contribution is -2.35. The highest BCUT2D eigenvalue weighted by atomic mass is 16.5. The Bertz CT molecular complexity index is 480. The summed E-state index contributed by atoms with van der Waals surface area (Å²) in [5.74, 6) is -1.43. The zero-order valence-electron chi connectivity index (χ0n) is 12.6. The van der Waals surface area contributed by atoms with Crippen molar-refractivity contribution in [3.05, 3.63) is 17.0 Å². The van der Waals surface area contributed by atoms with Crippen LogP contribution in [0.2, 0.25) is 0 Å². The minimum absolute atomic E-state index is 0.0928.